The van der Waals surface area contributed by atoms with Gasteiger partial charge >= 0.3 is 5.97 Å². The molecular formula is C4H7NO4. The van der Waals surface area contributed by atoms with Crippen LogP contribution in [0.25, 0.3) is 0 Å². The molecule has 9 heavy (non-hydrogen) atoms. The van der Waals surface area contributed by atoms with Gasteiger partial charge in [0.1, 0.15) is 0 Å². The summed E-state index contributed by atoms with van der Waals surface area (Å²) in [6.07, 6.45) is 0. The van der Waals surface area contributed by atoms with Crippen LogP contribution in [0.2, 0.25) is 0 Å². The summed E-state index contributed by atoms with van der Waals surface area (Å²) in [6, 6.07) is -1.37. The van der Waals surface area contributed by atoms with Crippen LogP contribution in [0, 0.1) is 0 Å². The number of hydrogen-bond acceptors (Lipinski definition) is 4. The van der Waals surface area contributed by atoms with Gasteiger partial charge < -0.3 is 15.7 Å². The van der Waals surface area contributed by atoms with Crippen LogP contribution in [0.4, 0.5) is 0 Å². The number of rotatable bonds is 3. The summed E-state index contributed by atoms with van der Waals surface area (Å²) in [5.41, 5.74) is 4.89. The molecule has 5 heteroatoms. The Morgan fingerprint density at radius 2 is 2.22 bits per heavy atom. The molecule has 0 saturated carbocycles. The standard InChI is InChI=1S/C4H7NO4/c1-2(9-8)3(5)4(6)7/h3,8H,1,5H2,(H,6,7). The summed E-state index contributed by atoms with van der Waals surface area (Å²) in [5, 5.41) is 15.9. The molecule has 0 aliphatic rings. The largest absolute Gasteiger partial charge is 0.480 e. The highest BCUT2D eigenvalue weighted by Gasteiger charge is 2.16. The molecular weight excluding hydrogens is 126 g/mol. The summed E-state index contributed by atoms with van der Waals surface area (Å²) in [7, 11) is 0. The predicted octanol–water partition coefficient (Wildman–Crippen LogP) is -0.598. The Labute approximate surface area is 51.3 Å². The van der Waals surface area contributed by atoms with Crippen LogP contribution < -0.4 is 5.73 Å². The van der Waals surface area contributed by atoms with E-state index in [9.17, 15) is 4.79 Å². The van der Waals surface area contributed by atoms with E-state index in [0.717, 1.165) is 0 Å². The molecule has 1 atom stereocenters. The van der Waals surface area contributed by atoms with Gasteiger partial charge in [-0.25, -0.2) is 5.26 Å². The monoisotopic (exact) mass is 133 g/mol. The molecule has 5 nitrogen and oxygen atoms in total. The van der Waals surface area contributed by atoms with Crippen molar-refractivity contribution in [3.63, 3.8) is 0 Å². The van der Waals surface area contributed by atoms with Gasteiger partial charge in [-0.1, -0.05) is 6.58 Å². The third kappa shape index (κ3) is 2.11. The molecule has 0 fully saturated rings. The number of carbonyl (C=O) groups is 1. The fourth-order valence-corrected chi connectivity index (χ4v) is 0.195. The van der Waals surface area contributed by atoms with E-state index < -0.39 is 12.0 Å². The number of nitrogens with two attached hydrogens (primary N) is 1. The van der Waals surface area contributed by atoms with Crippen molar-refractivity contribution in [2.75, 3.05) is 0 Å². The van der Waals surface area contributed by atoms with Crippen LogP contribution >= 0.6 is 0 Å². The zero-order chi connectivity index (χ0) is 7.44. The van der Waals surface area contributed by atoms with Crippen molar-refractivity contribution >= 4 is 5.97 Å². The van der Waals surface area contributed by atoms with Crippen molar-refractivity contribution in [1.82, 2.24) is 0 Å². The minimum absolute atomic E-state index is 0.387. The molecule has 0 aromatic rings. The summed E-state index contributed by atoms with van der Waals surface area (Å²) >= 11 is 0. The summed E-state index contributed by atoms with van der Waals surface area (Å²) < 4.78 is 0. The molecule has 4 N–H and O–H groups in total. The van der Waals surface area contributed by atoms with E-state index in [-0.39, 0.29) is 5.76 Å². The fraction of sp³-hybridized carbons (Fsp3) is 0.250. The molecule has 1 unspecified atom stereocenters. The first kappa shape index (κ1) is 7.93. The lowest BCUT2D eigenvalue weighted by molar-refractivity contribution is -0.208. The van der Waals surface area contributed by atoms with Gasteiger partial charge in [0.25, 0.3) is 0 Å². The van der Waals surface area contributed by atoms with Crippen LogP contribution in [-0.2, 0) is 9.68 Å². The van der Waals surface area contributed by atoms with Gasteiger partial charge in [-0.05, 0) is 0 Å². The molecule has 0 spiro atoms. The summed E-state index contributed by atoms with van der Waals surface area (Å²) in [6.45, 7) is 3.02. The van der Waals surface area contributed by atoms with Gasteiger partial charge in [-0.3, -0.25) is 4.79 Å². The highest BCUT2D eigenvalue weighted by atomic mass is 17.1. The Hall–Kier alpha value is -1.07. The summed E-state index contributed by atoms with van der Waals surface area (Å²) in [5.74, 6) is -1.68. The van der Waals surface area contributed by atoms with Crippen LogP contribution in [0.5, 0.6) is 0 Å². The lowest BCUT2D eigenvalue weighted by Crippen LogP contribution is -2.32. The maximum Gasteiger partial charge on any atom is 0.328 e. The van der Waals surface area contributed by atoms with Crippen molar-refractivity contribution in [3.05, 3.63) is 12.3 Å². The first-order chi connectivity index (χ1) is 4.09. The molecule has 0 aromatic carbocycles. The van der Waals surface area contributed by atoms with Crippen molar-refractivity contribution in [2.45, 2.75) is 6.04 Å². The molecule has 0 amide bonds. The van der Waals surface area contributed by atoms with E-state index in [1.807, 2.05) is 0 Å². The third-order valence-electron chi connectivity index (χ3n) is 0.730. The minimum atomic E-state index is -1.37. The average Bonchev–Trinajstić information content (AvgIpc) is 1.84. The maximum absolute atomic E-state index is 9.92. The van der Waals surface area contributed by atoms with Gasteiger partial charge in [0.15, 0.2) is 11.8 Å². The van der Waals surface area contributed by atoms with Gasteiger partial charge in [0, 0.05) is 0 Å². The predicted molar refractivity (Wildman–Crippen MR) is 28.5 cm³/mol. The van der Waals surface area contributed by atoms with Gasteiger partial charge in [0.05, 0.1) is 0 Å². The van der Waals surface area contributed by atoms with Crippen molar-refractivity contribution in [2.24, 2.45) is 5.73 Å². The first-order valence-electron chi connectivity index (χ1n) is 2.08. The van der Waals surface area contributed by atoms with Crippen LogP contribution in [0.3, 0.4) is 0 Å². The number of carboxylic acids is 1. The van der Waals surface area contributed by atoms with Crippen LogP contribution in [0.15, 0.2) is 12.3 Å². The van der Waals surface area contributed by atoms with E-state index in [2.05, 4.69) is 11.5 Å². The molecule has 0 aromatic heterocycles. The van der Waals surface area contributed by atoms with Crippen molar-refractivity contribution in [1.29, 1.82) is 0 Å². The van der Waals surface area contributed by atoms with E-state index in [4.69, 9.17) is 16.1 Å². The molecule has 0 bridgehead atoms. The van der Waals surface area contributed by atoms with E-state index in [1.165, 1.54) is 0 Å². The maximum atomic E-state index is 9.92. The second kappa shape index (κ2) is 3.06. The zero-order valence-electron chi connectivity index (χ0n) is 4.57. The number of hydrogen-bond donors (Lipinski definition) is 3. The van der Waals surface area contributed by atoms with Gasteiger partial charge in [-0.2, -0.15) is 0 Å². The molecule has 0 aliphatic carbocycles. The highest BCUT2D eigenvalue weighted by Crippen LogP contribution is 1.94. The summed E-state index contributed by atoms with van der Waals surface area (Å²) in [4.78, 5) is 13.4. The third-order valence-corrected chi connectivity index (χ3v) is 0.730. The zero-order valence-corrected chi connectivity index (χ0v) is 4.57. The molecule has 0 rings (SSSR count). The smallest absolute Gasteiger partial charge is 0.328 e. The Morgan fingerprint density at radius 1 is 1.78 bits per heavy atom. The quantitative estimate of drug-likeness (QED) is 0.271. The highest BCUT2D eigenvalue weighted by molar-refractivity contribution is 5.76. The second-order valence-electron chi connectivity index (χ2n) is 1.37. The SMILES string of the molecule is C=C(OO)C(N)C(=O)O. The lowest BCUT2D eigenvalue weighted by atomic mass is 10.3. The van der Waals surface area contributed by atoms with E-state index >= 15 is 0 Å². The molecule has 0 saturated heterocycles. The molecule has 0 aliphatic heterocycles. The fourth-order valence-electron chi connectivity index (χ4n) is 0.195. The second-order valence-corrected chi connectivity index (χ2v) is 1.37. The minimum Gasteiger partial charge on any atom is -0.480 e. The van der Waals surface area contributed by atoms with Gasteiger partial charge in [0.2, 0.25) is 0 Å². The molecule has 0 radical (unpaired) electrons. The Kier molecular flexibility index (Phi) is 2.69. The lowest BCUT2D eigenvalue weighted by Gasteiger charge is -2.04. The Balaban J connectivity index is 3.88. The average molecular weight is 133 g/mol. The van der Waals surface area contributed by atoms with Gasteiger partial charge in [-0.15, -0.1) is 0 Å². The van der Waals surface area contributed by atoms with Crippen molar-refractivity contribution < 1.29 is 20.0 Å². The first-order valence-corrected chi connectivity index (χ1v) is 2.08. The number of aliphatic carboxylic acids is 1. The van der Waals surface area contributed by atoms with Crippen molar-refractivity contribution in [3.8, 4) is 0 Å². The van der Waals surface area contributed by atoms with Crippen LogP contribution in [-0.4, -0.2) is 22.4 Å². The number of carboxylic acid groups (broad SMARTS) is 1. The topological polar surface area (TPSA) is 92.8 Å². The molecule has 0 heterocycles. The Morgan fingerprint density at radius 3 is 2.33 bits per heavy atom. The van der Waals surface area contributed by atoms with Crippen LogP contribution in [0.1, 0.15) is 0 Å². The van der Waals surface area contributed by atoms with E-state index in [1.54, 1.807) is 0 Å². The van der Waals surface area contributed by atoms with E-state index in [0.29, 0.717) is 0 Å². The molecule has 52 valence electrons. The Bertz CT molecular complexity index is 133. The normalized spacial score (nSPS) is 12.2.